The van der Waals surface area contributed by atoms with Crippen LogP contribution in [0.3, 0.4) is 0 Å². The largest absolute Gasteiger partial charge is 0.497 e. The molecule has 4 fully saturated rings. The average Bonchev–Trinajstić information content (AvgIpc) is 3.44. The monoisotopic (exact) mass is 365 g/mol. The predicted molar refractivity (Wildman–Crippen MR) is 105 cm³/mol. The first-order valence-corrected chi connectivity index (χ1v) is 10.9. The summed E-state index contributed by atoms with van der Waals surface area (Å²) in [6.45, 7) is 7.11. The van der Waals surface area contributed by atoms with E-state index >= 15 is 0 Å². The zero-order chi connectivity index (χ0) is 18.6. The minimum Gasteiger partial charge on any atom is -0.497 e. The molecule has 0 N–H and O–H groups in total. The van der Waals surface area contributed by atoms with E-state index in [9.17, 15) is 4.79 Å². The molecule has 3 nitrogen and oxygen atoms in total. The van der Waals surface area contributed by atoms with Gasteiger partial charge in [0.15, 0.2) is 0 Å². The molecule has 6 unspecified atom stereocenters. The number of carbonyl (C=O) groups is 1. The van der Waals surface area contributed by atoms with Crippen LogP contribution in [0.15, 0.2) is 18.2 Å². The molecule has 1 aromatic carbocycles. The summed E-state index contributed by atoms with van der Waals surface area (Å²) in [4.78, 5) is 15.9. The molecule has 3 saturated carbocycles. The summed E-state index contributed by atoms with van der Waals surface area (Å²) in [5, 5.41) is 0. The number of benzene rings is 1. The zero-order valence-corrected chi connectivity index (χ0v) is 16.8. The number of likely N-dealkylation sites (tertiary alicyclic amines) is 1. The van der Waals surface area contributed by atoms with Crippen LogP contribution in [0.5, 0.6) is 5.75 Å². The average molecular weight is 366 g/mol. The van der Waals surface area contributed by atoms with Crippen molar-refractivity contribution >= 4 is 5.78 Å². The number of nitrogens with zero attached hydrogens (tertiary/aromatic N) is 1. The molecule has 1 saturated heterocycles. The maximum Gasteiger partial charge on any atom is 0.136 e. The van der Waals surface area contributed by atoms with Crippen LogP contribution in [0.4, 0.5) is 0 Å². The lowest BCUT2D eigenvalue weighted by Crippen LogP contribution is -2.66. The second kappa shape index (κ2) is 5.17. The molecular formula is C24H31NO2. The van der Waals surface area contributed by atoms with Gasteiger partial charge in [-0.05, 0) is 66.7 Å². The van der Waals surface area contributed by atoms with Gasteiger partial charge in [0.05, 0.1) is 7.11 Å². The highest BCUT2D eigenvalue weighted by Crippen LogP contribution is 2.71. The minimum absolute atomic E-state index is 0.0497. The van der Waals surface area contributed by atoms with Gasteiger partial charge in [-0.3, -0.25) is 9.69 Å². The van der Waals surface area contributed by atoms with E-state index in [1.54, 1.807) is 7.11 Å². The van der Waals surface area contributed by atoms with Crippen LogP contribution in [-0.2, 0) is 16.6 Å². The normalized spacial score (nSPS) is 44.9. The zero-order valence-electron chi connectivity index (χ0n) is 16.8. The van der Waals surface area contributed by atoms with Crippen LogP contribution in [-0.4, -0.2) is 36.9 Å². The van der Waals surface area contributed by atoms with Gasteiger partial charge in [0.2, 0.25) is 0 Å². The predicted octanol–water partition coefficient (Wildman–Crippen LogP) is 3.83. The molecule has 3 heteroatoms. The van der Waals surface area contributed by atoms with E-state index in [1.807, 2.05) is 0 Å². The Hall–Kier alpha value is -1.35. The lowest BCUT2D eigenvalue weighted by Gasteiger charge is -2.57. The Bertz CT molecular complexity index is 830. The van der Waals surface area contributed by atoms with Crippen molar-refractivity contribution in [2.45, 2.75) is 57.4 Å². The lowest BCUT2D eigenvalue weighted by atomic mass is 9.55. The topological polar surface area (TPSA) is 29.5 Å². The van der Waals surface area contributed by atoms with Crippen LogP contribution in [0.2, 0.25) is 0 Å². The van der Waals surface area contributed by atoms with Crippen LogP contribution >= 0.6 is 0 Å². The summed E-state index contributed by atoms with van der Waals surface area (Å²) in [5.74, 6) is 3.67. The SMILES string of the molecule is COc1ccc2c(c1)C13CC(=O)C(C)C(C)C1C1N(CC4CC4)CC1(C2)C3. The third-order valence-corrected chi connectivity index (χ3v) is 9.12. The third-order valence-electron chi connectivity index (χ3n) is 9.12. The van der Waals surface area contributed by atoms with E-state index < -0.39 is 0 Å². The molecule has 1 heterocycles. The molecule has 6 atom stereocenters. The molecule has 0 amide bonds. The Labute approximate surface area is 162 Å². The number of fused-ring (bicyclic) bond motifs is 2. The summed E-state index contributed by atoms with van der Waals surface area (Å²) < 4.78 is 5.59. The van der Waals surface area contributed by atoms with Crippen molar-refractivity contribution in [3.8, 4) is 5.75 Å². The van der Waals surface area contributed by atoms with Crippen molar-refractivity contribution in [2.75, 3.05) is 20.2 Å². The molecule has 1 aromatic rings. The maximum atomic E-state index is 13.1. The molecule has 1 aliphatic heterocycles. The van der Waals surface area contributed by atoms with Crippen LogP contribution in [0, 0.1) is 29.1 Å². The lowest BCUT2D eigenvalue weighted by molar-refractivity contribution is -0.133. The number of carbonyl (C=O) groups excluding carboxylic acids is 1. The van der Waals surface area contributed by atoms with E-state index in [0.29, 0.717) is 29.1 Å². The quantitative estimate of drug-likeness (QED) is 0.815. The third kappa shape index (κ3) is 1.99. The molecule has 5 aliphatic rings. The maximum absolute atomic E-state index is 13.1. The van der Waals surface area contributed by atoms with E-state index in [0.717, 1.165) is 18.1 Å². The Kier molecular flexibility index (Phi) is 3.18. The fraction of sp³-hybridized carbons (Fsp3) is 0.708. The van der Waals surface area contributed by atoms with Crippen molar-refractivity contribution in [3.05, 3.63) is 29.3 Å². The number of ether oxygens (including phenoxy) is 1. The number of Topliss-reactive ketones (excluding diaryl/α,β-unsaturated/α-hetero) is 1. The Morgan fingerprint density at radius 2 is 2.04 bits per heavy atom. The number of ketones is 1. The molecule has 2 spiro atoms. The fourth-order valence-electron chi connectivity index (χ4n) is 7.82. The van der Waals surface area contributed by atoms with Crippen molar-refractivity contribution < 1.29 is 9.53 Å². The first kappa shape index (κ1) is 16.6. The molecule has 27 heavy (non-hydrogen) atoms. The first-order valence-electron chi connectivity index (χ1n) is 10.9. The molecule has 144 valence electrons. The summed E-state index contributed by atoms with van der Waals surface area (Å²) in [6.07, 6.45) is 6.02. The summed E-state index contributed by atoms with van der Waals surface area (Å²) in [7, 11) is 1.76. The highest BCUT2D eigenvalue weighted by atomic mass is 16.5. The van der Waals surface area contributed by atoms with Gasteiger partial charge in [0, 0.05) is 42.3 Å². The minimum atomic E-state index is 0.0497. The van der Waals surface area contributed by atoms with Gasteiger partial charge in [-0.15, -0.1) is 0 Å². The van der Waals surface area contributed by atoms with Crippen LogP contribution in [0.25, 0.3) is 0 Å². The highest BCUT2D eigenvalue weighted by Gasteiger charge is 2.73. The smallest absolute Gasteiger partial charge is 0.136 e. The summed E-state index contributed by atoms with van der Waals surface area (Å²) >= 11 is 0. The van der Waals surface area contributed by atoms with Gasteiger partial charge in [-0.25, -0.2) is 0 Å². The Morgan fingerprint density at radius 3 is 2.78 bits per heavy atom. The van der Waals surface area contributed by atoms with E-state index in [1.165, 1.54) is 49.9 Å². The standard InChI is InChI=1S/C24H31NO2/c1-14-15(2)21-22-23(13-25(22)11-16-4-5-16)9-17-6-7-18(27-3)8-19(17)24(21,12-23)10-20(14)26/h6-8,14-16,21-22H,4-5,9-13H2,1-3H3. The number of hydrogen-bond donors (Lipinski definition) is 0. The Morgan fingerprint density at radius 1 is 1.22 bits per heavy atom. The molecule has 0 radical (unpaired) electrons. The highest BCUT2D eigenvalue weighted by molar-refractivity contribution is 5.84. The number of hydrogen-bond acceptors (Lipinski definition) is 3. The molecule has 6 rings (SSSR count). The van der Waals surface area contributed by atoms with Crippen molar-refractivity contribution in [2.24, 2.45) is 29.1 Å². The van der Waals surface area contributed by atoms with Gasteiger partial charge in [0.1, 0.15) is 11.5 Å². The van der Waals surface area contributed by atoms with Gasteiger partial charge in [-0.2, -0.15) is 0 Å². The van der Waals surface area contributed by atoms with Gasteiger partial charge in [0.25, 0.3) is 0 Å². The second-order valence-electron chi connectivity index (χ2n) is 10.5. The van der Waals surface area contributed by atoms with Gasteiger partial charge >= 0.3 is 0 Å². The second-order valence-corrected chi connectivity index (χ2v) is 10.5. The molecule has 2 bridgehead atoms. The number of methoxy groups -OCH3 is 1. The van der Waals surface area contributed by atoms with Gasteiger partial charge < -0.3 is 4.74 Å². The first-order chi connectivity index (χ1) is 13.0. The van der Waals surface area contributed by atoms with E-state index in [2.05, 4.69) is 36.9 Å². The van der Waals surface area contributed by atoms with Crippen molar-refractivity contribution in [3.63, 3.8) is 0 Å². The molecular weight excluding hydrogens is 334 g/mol. The van der Waals surface area contributed by atoms with Crippen molar-refractivity contribution in [1.82, 2.24) is 4.90 Å². The van der Waals surface area contributed by atoms with Crippen LogP contribution < -0.4 is 4.74 Å². The van der Waals surface area contributed by atoms with Crippen molar-refractivity contribution in [1.29, 1.82) is 0 Å². The summed E-state index contributed by atoms with van der Waals surface area (Å²) in [5.41, 5.74) is 3.41. The summed E-state index contributed by atoms with van der Waals surface area (Å²) in [6, 6.07) is 7.38. The van der Waals surface area contributed by atoms with E-state index in [4.69, 9.17) is 4.74 Å². The van der Waals surface area contributed by atoms with Gasteiger partial charge in [-0.1, -0.05) is 19.9 Å². The number of rotatable bonds is 3. The fourth-order valence-corrected chi connectivity index (χ4v) is 7.82. The Balaban J connectivity index is 1.51. The van der Waals surface area contributed by atoms with E-state index in [-0.39, 0.29) is 11.3 Å². The molecule has 4 aliphatic carbocycles. The molecule has 0 aromatic heterocycles. The van der Waals surface area contributed by atoms with Crippen LogP contribution in [0.1, 0.15) is 50.7 Å².